The van der Waals surface area contributed by atoms with Crippen molar-refractivity contribution in [1.29, 1.82) is 0 Å². The number of hydrogen-bond acceptors (Lipinski definition) is 3. The Kier molecular flexibility index (Phi) is 5.43. The molecular weight excluding hydrogens is 342 g/mol. The average molecular weight is 360 g/mol. The minimum absolute atomic E-state index is 0.0364. The summed E-state index contributed by atoms with van der Waals surface area (Å²) in [6, 6.07) is 18.0. The van der Waals surface area contributed by atoms with E-state index < -0.39 is 0 Å². The van der Waals surface area contributed by atoms with Gasteiger partial charge in [0.25, 0.3) is 0 Å². The Morgan fingerprint density at radius 2 is 1.79 bits per heavy atom. The lowest BCUT2D eigenvalue weighted by molar-refractivity contribution is 0.603. The molecule has 3 aromatic rings. The highest BCUT2D eigenvalue weighted by Crippen LogP contribution is 2.39. The molecule has 124 valence electrons. The third-order valence-corrected chi connectivity index (χ3v) is 5.22. The number of nitrogens with one attached hydrogen (secondary N) is 1. The Morgan fingerprint density at radius 3 is 2.46 bits per heavy atom. The van der Waals surface area contributed by atoms with E-state index in [1.165, 1.54) is 0 Å². The van der Waals surface area contributed by atoms with Crippen LogP contribution in [0.1, 0.15) is 29.7 Å². The van der Waals surface area contributed by atoms with Gasteiger partial charge in [0.05, 0.1) is 5.25 Å². The maximum Gasteiger partial charge on any atom is 0.343 e. The van der Waals surface area contributed by atoms with Gasteiger partial charge in [-0.15, -0.1) is 5.10 Å². The highest BCUT2D eigenvalue weighted by atomic mass is 35.5. The quantitative estimate of drug-likeness (QED) is 0.658. The van der Waals surface area contributed by atoms with Crippen LogP contribution in [0.2, 0.25) is 5.02 Å². The van der Waals surface area contributed by atoms with E-state index in [4.69, 9.17) is 11.6 Å². The van der Waals surface area contributed by atoms with E-state index in [1.807, 2.05) is 49.4 Å². The Labute approximate surface area is 149 Å². The lowest BCUT2D eigenvalue weighted by Crippen LogP contribution is -2.17. The van der Waals surface area contributed by atoms with Crippen LogP contribution in [-0.2, 0) is 6.54 Å². The summed E-state index contributed by atoms with van der Waals surface area (Å²) in [5.41, 5.74) is 2.11. The molecule has 0 saturated heterocycles. The number of aromatic nitrogens is 3. The number of benzene rings is 2. The summed E-state index contributed by atoms with van der Waals surface area (Å²) < 4.78 is 1.69. The molecule has 6 heteroatoms. The summed E-state index contributed by atoms with van der Waals surface area (Å²) >= 11 is 7.59. The SMILES string of the molecule is CCCn1c(S[C@H](c2ccccc2)c2ccc(Cl)cc2)n[nH]c1=O. The monoisotopic (exact) mass is 359 g/mol. The highest BCUT2D eigenvalue weighted by Gasteiger charge is 2.19. The molecule has 0 spiro atoms. The molecule has 0 aliphatic rings. The van der Waals surface area contributed by atoms with Crippen molar-refractivity contribution >= 4 is 23.4 Å². The lowest BCUT2D eigenvalue weighted by Gasteiger charge is -2.17. The van der Waals surface area contributed by atoms with E-state index in [0.717, 1.165) is 17.5 Å². The number of rotatable bonds is 6. The van der Waals surface area contributed by atoms with Gasteiger partial charge in [-0.3, -0.25) is 4.57 Å². The topological polar surface area (TPSA) is 50.7 Å². The summed E-state index contributed by atoms with van der Waals surface area (Å²) in [7, 11) is 0. The second kappa shape index (κ2) is 7.73. The largest absolute Gasteiger partial charge is 0.343 e. The van der Waals surface area contributed by atoms with Gasteiger partial charge in [0.1, 0.15) is 0 Å². The molecule has 0 radical (unpaired) electrons. The number of halogens is 1. The fourth-order valence-electron chi connectivity index (χ4n) is 2.51. The van der Waals surface area contributed by atoms with Crippen molar-refractivity contribution in [3.63, 3.8) is 0 Å². The van der Waals surface area contributed by atoms with Crippen molar-refractivity contribution in [2.45, 2.75) is 30.3 Å². The van der Waals surface area contributed by atoms with Crippen LogP contribution in [0, 0.1) is 0 Å². The Bertz CT molecular complexity index is 843. The van der Waals surface area contributed by atoms with E-state index in [2.05, 4.69) is 22.3 Å². The number of aromatic amines is 1. The minimum Gasteiger partial charge on any atom is -0.270 e. The van der Waals surface area contributed by atoms with Crippen molar-refractivity contribution < 1.29 is 0 Å². The Balaban J connectivity index is 2.00. The van der Waals surface area contributed by atoms with Crippen molar-refractivity contribution in [3.8, 4) is 0 Å². The molecule has 0 unspecified atom stereocenters. The molecule has 1 heterocycles. The van der Waals surface area contributed by atoms with Crippen LogP contribution >= 0.6 is 23.4 Å². The van der Waals surface area contributed by atoms with E-state index in [0.29, 0.717) is 16.7 Å². The van der Waals surface area contributed by atoms with E-state index >= 15 is 0 Å². The predicted octanol–water partition coefficient (Wildman–Crippen LogP) is 4.52. The average Bonchev–Trinajstić information content (AvgIpc) is 2.95. The molecule has 0 bridgehead atoms. The maximum absolute atomic E-state index is 11.9. The van der Waals surface area contributed by atoms with Crippen LogP contribution in [-0.4, -0.2) is 14.8 Å². The molecule has 0 saturated carbocycles. The summed E-state index contributed by atoms with van der Waals surface area (Å²) in [5.74, 6) is 0. The van der Waals surface area contributed by atoms with Gasteiger partial charge in [-0.25, -0.2) is 9.89 Å². The molecule has 0 fully saturated rings. The van der Waals surface area contributed by atoms with E-state index in [-0.39, 0.29) is 10.9 Å². The number of nitrogens with zero attached hydrogens (tertiary/aromatic N) is 2. The maximum atomic E-state index is 11.9. The first kappa shape index (κ1) is 16.9. The molecule has 24 heavy (non-hydrogen) atoms. The van der Waals surface area contributed by atoms with Gasteiger partial charge < -0.3 is 0 Å². The summed E-state index contributed by atoms with van der Waals surface area (Å²) in [4.78, 5) is 11.9. The van der Waals surface area contributed by atoms with Crippen LogP contribution in [0.5, 0.6) is 0 Å². The molecule has 0 aliphatic carbocycles. The third-order valence-electron chi connectivity index (χ3n) is 3.67. The number of H-pyrrole nitrogens is 1. The zero-order chi connectivity index (χ0) is 16.9. The second-order valence-electron chi connectivity index (χ2n) is 5.42. The van der Waals surface area contributed by atoms with Gasteiger partial charge in [0.15, 0.2) is 5.16 Å². The molecule has 4 nitrogen and oxygen atoms in total. The number of hydrogen-bond donors (Lipinski definition) is 1. The van der Waals surface area contributed by atoms with Crippen molar-refractivity contribution in [2.75, 3.05) is 0 Å². The lowest BCUT2D eigenvalue weighted by atomic mass is 10.0. The number of thioether (sulfide) groups is 1. The summed E-state index contributed by atoms with van der Waals surface area (Å²) in [6.45, 7) is 2.70. The van der Waals surface area contributed by atoms with Crippen molar-refractivity contribution in [2.24, 2.45) is 0 Å². The standard InChI is InChI=1S/C18H18ClN3OS/c1-2-12-22-17(23)20-21-18(22)24-16(13-6-4-3-5-7-13)14-8-10-15(19)11-9-14/h3-11,16H,2,12H2,1H3,(H,20,23)/t16-/m1/s1. The van der Waals surface area contributed by atoms with E-state index in [1.54, 1.807) is 16.3 Å². The fourth-order valence-corrected chi connectivity index (χ4v) is 3.84. The molecule has 1 aromatic heterocycles. The Hall–Kier alpha value is -1.98. The second-order valence-corrected chi connectivity index (χ2v) is 6.93. The molecule has 3 rings (SSSR count). The molecule has 1 atom stereocenters. The van der Waals surface area contributed by atoms with Crippen LogP contribution in [0.25, 0.3) is 0 Å². The van der Waals surface area contributed by atoms with Crippen molar-refractivity contribution in [3.05, 3.63) is 81.2 Å². The smallest absolute Gasteiger partial charge is 0.270 e. The first-order valence-corrected chi connectivity index (χ1v) is 9.07. The molecule has 1 N–H and O–H groups in total. The normalized spacial score (nSPS) is 12.2. The van der Waals surface area contributed by atoms with Gasteiger partial charge in [-0.1, -0.05) is 72.8 Å². The Morgan fingerprint density at radius 1 is 1.12 bits per heavy atom. The van der Waals surface area contributed by atoms with Gasteiger partial charge in [0.2, 0.25) is 0 Å². The zero-order valence-corrected chi connectivity index (χ0v) is 14.8. The van der Waals surface area contributed by atoms with Gasteiger partial charge in [-0.2, -0.15) is 0 Å². The summed E-state index contributed by atoms with van der Waals surface area (Å²) in [5, 5.41) is 8.20. The van der Waals surface area contributed by atoms with Crippen LogP contribution in [0.15, 0.2) is 64.5 Å². The third kappa shape index (κ3) is 3.74. The van der Waals surface area contributed by atoms with Crippen LogP contribution in [0.3, 0.4) is 0 Å². The van der Waals surface area contributed by atoms with Gasteiger partial charge in [-0.05, 0) is 29.7 Å². The van der Waals surface area contributed by atoms with Crippen LogP contribution < -0.4 is 5.69 Å². The van der Waals surface area contributed by atoms with Gasteiger partial charge in [0, 0.05) is 11.6 Å². The van der Waals surface area contributed by atoms with E-state index in [9.17, 15) is 4.79 Å². The molecular formula is C18H18ClN3OS. The fraction of sp³-hybridized carbons (Fsp3) is 0.222. The summed E-state index contributed by atoms with van der Waals surface area (Å²) in [6.07, 6.45) is 0.879. The van der Waals surface area contributed by atoms with Crippen LogP contribution in [0.4, 0.5) is 0 Å². The molecule has 0 aliphatic heterocycles. The molecule has 0 amide bonds. The first-order chi connectivity index (χ1) is 11.7. The highest BCUT2D eigenvalue weighted by molar-refractivity contribution is 7.99. The van der Waals surface area contributed by atoms with Gasteiger partial charge >= 0.3 is 5.69 Å². The predicted molar refractivity (Wildman–Crippen MR) is 98.7 cm³/mol. The zero-order valence-electron chi connectivity index (χ0n) is 13.3. The first-order valence-electron chi connectivity index (χ1n) is 7.81. The molecule has 2 aromatic carbocycles. The minimum atomic E-state index is -0.165. The van der Waals surface area contributed by atoms with Crippen molar-refractivity contribution in [1.82, 2.24) is 14.8 Å².